The van der Waals surface area contributed by atoms with Crippen molar-refractivity contribution in [3.8, 4) is 11.5 Å². The van der Waals surface area contributed by atoms with Crippen molar-refractivity contribution < 1.29 is 32.2 Å². The van der Waals surface area contributed by atoms with Gasteiger partial charge in [-0.2, -0.15) is 0 Å². The van der Waals surface area contributed by atoms with Crippen molar-refractivity contribution in [1.29, 1.82) is 0 Å². The lowest BCUT2D eigenvalue weighted by molar-refractivity contribution is -0.138. The molecule has 11 nitrogen and oxygen atoms in total. The highest BCUT2D eigenvalue weighted by atomic mass is 35.5. The molecule has 0 radical (unpaired) electrons. The maximum atomic E-state index is 15.4. The lowest BCUT2D eigenvalue weighted by Gasteiger charge is -2.42. The van der Waals surface area contributed by atoms with Gasteiger partial charge in [0.25, 0.3) is 15.9 Å². The number of morpholine rings is 1. The first-order chi connectivity index (χ1) is 22.5. The molecule has 3 aromatic rings. The van der Waals surface area contributed by atoms with Crippen molar-refractivity contribution in [2.45, 2.75) is 35.9 Å². The van der Waals surface area contributed by atoms with E-state index in [4.69, 9.17) is 25.8 Å². The van der Waals surface area contributed by atoms with Gasteiger partial charge in [0, 0.05) is 56.4 Å². The van der Waals surface area contributed by atoms with Gasteiger partial charge in [-0.1, -0.05) is 23.7 Å². The zero-order valence-electron chi connectivity index (χ0n) is 26.9. The molecule has 0 spiro atoms. The molecule has 0 bridgehead atoms. The number of carbonyl (C=O) groups is 2. The fourth-order valence-electron chi connectivity index (χ4n) is 7.00. The van der Waals surface area contributed by atoms with Crippen molar-refractivity contribution in [2.75, 3.05) is 65.5 Å². The quantitative estimate of drug-likeness (QED) is 0.334. The molecular weight excluding hydrogens is 644 g/mol. The van der Waals surface area contributed by atoms with Crippen molar-refractivity contribution in [3.63, 3.8) is 0 Å². The number of halogens is 1. The van der Waals surface area contributed by atoms with Crippen LogP contribution in [-0.2, 0) is 36.4 Å². The highest BCUT2D eigenvalue weighted by molar-refractivity contribution is 7.93. The first-order valence-corrected chi connectivity index (χ1v) is 17.3. The Morgan fingerprint density at radius 1 is 0.979 bits per heavy atom. The van der Waals surface area contributed by atoms with Gasteiger partial charge in [0.05, 0.1) is 44.1 Å². The van der Waals surface area contributed by atoms with Crippen LogP contribution in [-0.4, -0.2) is 102 Å². The number of likely N-dealkylation sites (tertiary alicyclic amines) is 1. The monoisotopic (exact) mass is 682 g/mol. The number of carbonyl (C=O) groups excluding carboxylic acids is 2. The number of hydrogen-bond acceptors (Lipinski definition) is 9. The summed E-state index contributed by atoms with van der Waals surface area (Å²) in [4.78, 5) is 34.6. The predicted octanol–water partition coefficient (Wildman–Crippen LogP) is 3.72. The fraction of sp³-hybridized carbons (Fsp3) is 0.412. The normalized spacial score (nSPS) is 21.9. The largest absolute Gasteiger partial charge is 0.497 e. The average molecular weight is 683 g/mol. The molecule has 0 aromatic heterocycles. The Morgan fingerprint density at radius 2 is 1.70 bits per heavy atom. The molecule has 3 aliphatic heterocycles. The summed E-state index contributed by atoms with van der Waals surface area (Å²) in [7, 11) is 1.92. The number of fused-ring (bicyclic) bond motifs is 1. The van der Waals surface area contributed by atoms with Crippen LogP contribution in [0.3, 0.4) is 0 Å². The van der Waals surface area contributed by atoms with Crippen LogP contribution >= 0.6 is 11.6 Å². The van der Waals surface area contributed by atoms with E-state index in [2.05, 4.69) is 4.90 Å². The summed E-state index contributed by atoms with van der Waals surface area (Å²) in [5, 5.41) is 0.321. The summed E-state index contributed by atoms with van der Waals surface area (Å²) < 4.78 is 46.6. The van der Waals surface area contributed by atoms with Gasteiger partial charge in [0.2, 0.25) is 5.91 Å². The first-order valence-electron chi connectivity index (χ1n) is 15.5. The highest BCUT2D eigenvalue weighted by Gasteiger charge is 2.63. The van der Waals surface area contributed by atoms with Gasteiger partial charge < -0.3 is 19.1 Å². The minimum Gasteiger partial charge on any atom is -0.497 e. The smallest absolute Gasteiger partial charge is 0.271 e. The van der Waals surface area contributed by atoms with E-state index in [-0.39, 0.29) is 16.5 Å². The summed E-state index contributed by atoms with van der Waals surface area (Å²) in [6.45, 7) is 3.89. The SMILES string of the molecule is COc1ccc(S(=O)(=O)N2C(=O)[C@](c3ccc(CN4CCOCC4)cc3OC)(N3CCCC3C(=O)N(C)C)c3cc(Cl)ccc32)cc1. The number of anilines is 1. The number of rotatable bonds is 9. The Hall–Kier alpha value is -3.68. The van der Waals surface area contributed by atoms with E-state index in [0.717, 1.165) is 23.0 Å². The number of likely N-dealkylation sites (N-methyl/N-ethyl adjacent to an activating group) is 1. The van der Waals surface area contributed by atoms with Crippen LogP contribution in [0, 0.1) is 0 Å². The number of ether oxygens (including phenoxy) is 3. The second-order valence-electron chi connectivity index (χ2n) is 12.1. The van der Waals surface area contributed by atoms with Crippen LogP contribution < -0.4 is 13.8 Å². The van der Waals surface area contributed by atoms with Gasteiger partial charge in [-0.3, -0.25) is 19.4 Å². The predicted molar refractivity (Wildman–Crippen MR) is 177 cm³/mol. The molecule has 2 amide bonds. The number of hydrogen-bond donors (Lipinski definition) is 0. The van der Waals surface area contributed by atoms with E-state index in [9.17, 15) is 13.2 Å². The Kier molecular flexibility index (Phi) is 9.25. The van der Waals surface area contributed by atoms with E-state index in [1.54, 1.807) is 32.3 Å². The van der Waals surface area contributed by atoms with E-state index in [0.29, 0.717) is 66.8 Å². The maximum absolute atomic E-state index is 15.4. The molecule has 2 atom stereocenters. The third-order valence-corrected chi connectivity index (χ3v) is 11.2. The van der Waals surface area contributed by atoms with Crippen molar-refractivity contribution in [1.82, 2.24) is 14.7 Å². The second kappa shape index (κ2) is 13.1. The molecule has 250 valence electrons. The minimum atomic E-state index is -4.44. The molecular formula is C34H39ClN4O7S. The van der Waals surface area contributed by atoms with Crippen LogP contribution in [0.5, 0.6) is 11.5 Å². The molecule has 47 heavy (non-hydrogen) atoms. The van der Waals surface area contributed by atoms with Gasteiger partial charge in [0.15, 0.2) is 5.54 Å². The third-order valence-electron chi connectivity index (χ3n) is 9.23. The Morgan fingerprint density at radius 3 is 2.36 bits per heavy atom. The maximum Gasteiger partial charge on any atom is 0.271 e. The number of sulfonamides is 1. The van der Waals surface area contributed by atoms with E-state index in [1.165, 1.54) is 43.4 Å². The lowest BCUT2D eigenvalue weighted by atomic mass is 9.80. The zero-order valence-corrected chi connectivity index (χ0v) is 28.5. The Labute approximate surface area is 280 Å². The lowest BCUT2D eigenvalue weighted by Crippen LogP contribution is -2.59. The number of amides is 2. The molecule has 6 rings (SSSR count). The molecule has 13 heteroatoms. The van der Waals surface area contributed by atoms with Crippen molar-refractivity contribution >= 4 is 39.1 Å². The number of nitrogens with zero attached hydrogens (tertiary/aromatic N) is 4. The molecule has 2 fully saturated rings. The van der Waals surface area contributed by atoms with Crippen LogP contribution in [0.1, 0.15) is 29.5 Å². The van der Waals surface area contributed by atoms with Gasteiger partial charge in [0.1, 0.15) is 11.5 Å². The molecule has 0 N–H and O–H groups in total. The van der Waals surface area contributed by atoms with Crippen LogP contribution in [0.4, 0.5) is 5.69 Å². The molecule has 0 saturated carbocycles. The van der Waals surface area contributed by atoms with Gasteiger partial charge >= 0.3 is 0 Å². The molecule has 0 aliphatic carbocycles. The van der Waals surface area contributed by atoms with Gasteiger partial charge in [-0.25, -0.2) is 12.7 Å². The molecule has 3 heterocycles. The molecule has 3 aliphatic rings. The molecule has 1 unspecified atom stereocenters. The van der Waals surface area contributed by atoms with Gasteiger partial charge in [-0.05, 0) is 66.9 Å². The third kappa shape index (κ3) is 5.65. The zero-order chi connectivity index (χ0) is 33.5. The Bertz CT molecular complexity index is 1780. The summed E-state index contributed by atoms with van der Waals surface area (Å²) >= 11 is 6.63. The topological polar surface area (TPSA) is 109 Å². The van der Waals surface area contributed by atoms with Crippen LogP contribution in [0.2, 0.25) is 5.02 Å². The number of methoxy groups -OCH3 is 2. The summed E-state index contributed by atoms with van der Waals surface area (Å²) in [6.07, 6.45) is 1.11. The molecule has 2 saturated heterocycles. The summed E-state index contributed by atoms with van der Waals surface area (Å²) in [6, 6.07) is 15.6. The van der Waals surface area contributed by atoms with Gasteiger partial charge in [-0.15, -0.1) is 0 Å². The molecule has 3 aromatic carbocycles. The Balaban J connectivity index is 1.59. The fourth-order valence-corrected chi connectivity index (χ4v) is 8.64. The average Bonchev–Trinajstić information content (AvgIpc) is 3.66. The van der Waals surface area contributed by atoms with Crippen molar-refractivity contribution in [3.05, 3.63) is 82.4 Å². The first kappa shape index (κ1) is 33.2. The van der Waals surface area contributed by atoms with Crippen molar-refractivity contribution in [2.24, 2.45) is 0 Å². The standard InChI is InChI=1S/C34H39ClN4O7S/c1-36(2)32(40)30-6-5-15-38(30)34(27-13-7-23(20-31(27)45-4)22-37-16-18-46-19-17-37)28-21-24(35)8-14-29(28)39(33(34)41)47(42,43)26-11-9-25(44-3)10-12-26/h7-14,20-21,30H,5-6,15-19,22H2,1-4H3/t30?,34-/m1/s1. The minimum absolute atomic E-state index is 0.0847. The van der Waals surface area contributed by atoms with Crippen LogP contribution in [0.15, 0.2) is 65.6 Å². The van der Waals surface area contributed by atoms with E-state index in [1.807, 2.05) is 23.1 Å². The van der Waals surface area contributed by atoms with E-state index < -0.39 is 27.5 Å². The highest BCUT2D eigenvalue weighted by Crippen LogP contribution is 2.55. The second-order valence-corrected chi connectivity index (χ2v) is 14.4. The summed E-state index contributed by atoms with van der Waals surface area (Å²) in [5.74, 6) is -0.0372. The van der Waals surface area contributed by atoms with E-state index >= 15 is 4.79 Å². The summed E-state index contributed by atoms with van der Waals surface area (Å²) in [5.41, 5.74) is 0.173. The van der Waals surface area contributed by atoms with Crippen LogP contribution in [0.25, 0.3) is 0 Å². The number of benzene rings is 3.